The van der Waals surface area contributed by atoms with Crippen LogP contribution in [-0.2, 0) is 6.54 Å². The van der Waals surface area contributed by atoms with Crippen LogP contribution in [0.3, 0.4) is 0 Å². The normalized spacial score (nSPS) is 9.95. The Morgan fingerprint density at radius 3 is 3.00 bits per heavy atom. The van der Waals surface area contributed by atoms with Gasteiger partial charge in [-0.05, 0) is 18.6 Å². The van der Waals surface area contributed by atoms with E-state index < -0.39 is 4.92 Å². The molecule has 0 aliphatic rings. The Kier molecular flexibility index (Phi) is 4.24. The lowest BCUT2D eigenvalue weighted by Gasteiger charge is -2.06. The molecular formula is C12H12N6O2. The van der Waals surface area contributed by atoms with Crippen molar-refractivity contribution in [1.29, 1.82) is 5.26 Å². The van der Waals surface area contributed by atoms with E-state index >= 15 is 0 Å². The molecule has 2 rings (SSSR count). The Balaban J connectivity index is 1.91. The van der Waals surface area contributed by atoms with E-state index in [4.69, 9.17) is 5.26 Å². The van der Waals surface area contributed by atoms with Gasteiger partial charge in [-0.1, -0.05) is 5.21 Å². The molecule has 102 valence electrons. The van der Waals surface area contributed by atoms with Gasteiger partial charge < -0.3 is 5.32 Å². The highest BCUT2D eigenvalue weighted by Crippen LogP contribution is 2.22. The lowest BCUT2D eigenvalue weighted by atomic mass is 10.2. The molecule has 0 spiro atoms. The van der Waals surface area contributed by atoms with Crippen LogP contribution >= 0.6 is 0 Å². The lowest BCUT2D eigenvalue weighted by Crippen LogP contribution is -2.07. The average molecular weight is 272 g/mol. The molecule has 0 aliphatic carbocycles. The number of nitrogens with zero attached hydrogens (tertiary/aromatic N) is 5. The zero-order chi connectivity index (χ0) is 14.4. The van der Waals surface area contributed by atoms with Crippen molar-refractivity contribution in [3.63, 3.8) is 0 Å². The van der Waals surface area contributed by atoms with Gasteiger partial charge in [-0.15, -0.1) is 5.10 Å². The van der Waals surface area contributed by atoms with Crippen molar-refractivity contribution < 1.29 is 4.92 Å². The number of hydrogen-bond donors (Lipinski definition) is 1. The molecular weight excluding hydrogens is 260 g/mol. The summed E-state index contributed by atoms with van der Waals surface area (Å²) in [7, 11) is 0. The Bertz CT molecular complexity index is 632. The molecule has 0 saturated carbocycles. The first-order valence-corrected chi connectivity index (χ1v) is 5.97. The number of aryl methyl sites for hydroxylation is 1. The van der Waals surface area contributed by atoms with Crippen LogP contribution in [0.2, 0.25) is 0 Å². The van der Waals surface area contributed by atoms with Gasteiger partial charge >= 0.3 is 0 Å². The van der Waals surface area contributed by atoms with Gasteiger partial charge in [-0.2, -0.15) is 5.26 Å². The standard InChI is InChI=1S/C12H12N6O2/c13-9-10-2-3-11(8-12(10)18(19)20)14-4-1-6-17-7-5-15-16-17/h2-3,5,7-8,14H,1,4,6H2. The second-order valence-corrected chi connectivity index (χ2v) is 4.05. The number of nitrogens with one attached hydrogen (secondary N) is 1. The van der Waals surface area contributed by atoms with Crippen LogP contribution in [0, 0.1) is 21.4 Å². The highest BCUT2D eigenvalue weighted by molar-refractivity contribution is 5.59. The quantitative estimate of drug-likeness (QED) is 0.485. The van der Waals surface area contributed by atoms with Crippen LogP contribution in [0.1, 0.15) is 12.0 Å². The summed E-state index contributed by atoms with van der Waals surface area (Å²) in [4.78, 5) is 10.3. The second-order valence-electron chi connectivity index (χ2n) is 4.05. The van der Waals surface area contributed by atoms with E-state index in [-0.39, 0.29) is 11.3 Å². The molecule has 1 heterocycles. The van der Waals surface area contributed by atoms with Crippen LogP contribution in [0.25, 0.3) is 0 Å². The van der Waals surface area contributed by atoms with E-state index in [9.17, 15) is 10.1 Å². The summed E-state index contributed by atoms with van der Waals surface area (Å²) >= 11 is 0. The van der Waals surface area contributed by atoms with Crippen molar-refractivity contribution in [3.8, 4) is 6.07 Å². The van der Waals surface area contributed by atoms with Crippen LogP contribution in [0.5, 0.6) is 0 Å². The minimum atomic E-state index is -0.556. The minimum Gasteiger partial charge on any atom is -0.385 e. The van der Waals surface area contributed by atoms with E-state index in [0.29, 0.717) is 18.8 Å². The smallest absolute Gasteiger partial charge is 0.289 e. The SMILES string of the molecule is N#Cc1ccc(NCCCn2ccnn2)cc1[N+](=O)[O-]. The van der Waals surface area contributed by atoms with E-state index in [2.05, 4.69) is 15.6 Å². The fourth-order valence-corrected chi connectivity index (χ4v) is 1.71. The molecule has 8 nitrogen and oxygen atoms in total. The molecule has 0 bridgehead atoms. The third-order valence-corrected chi connectivity index (χ3v) is 2.68. The minimum absolute atomic E-state index is 0.0585. The molecule has 1 N–H and O–H groups in total. The maximum Gasteiger partial charge on any atom is 0.289 e. The van der Waals surface area contributed by atoms with Gasteiger partial charge in [0.1, 0.15) is 11.6 Å². The molecule has 1 aromatic carbocycles. The topological polar surface area (TPSA) is 110 Å². The first-order chi connectivity index (χ1) is 9.70. The Labute approximate surface area is 114 Å². The molecule has 0 unspecified atom stereocenters. The first-order valence-electron chi connectivity index (χ1n) is 5.97. The molecule has 8 heteroatoms. The third-order valence-electron chi connectivity index (χ3n) is 2.68. The largest absolute Gasteiger partial charge is 0.385 e. The van der Waals surface area contributed by atoms with Crippen molar-refractivity contribution in [2.24, 2.45) is 0 Å². The monoisotopic (exact) mass is 272 g/mol. The number of anilines is 1. The number of nitro benzene ring substituents is 1. The summed E-state index contributed by atoms with van der Waals surface area (Å²) in [6.07, 6.45) is 4.18. The van der Waals surface area contributed by atoms with E-state index in [1.807, 2.05) is 0 Å². The molecule has 0 fully saturated rings. The third kappa shape index (κ3) is 3.29. The Morgan fingerprint density at radius 1 is 1.50 bits per heavy atom. The summed E-state index contributed by atoms with van der Waals surface area (Å²) in [5.41, 5.74) is 0.492. The molecule has 20 heavy (non-hydrogen) atoms. The van der Waals surface area contributed by atoms with Crippen molar-refractivity contribution in [1.82, 2.24) is 15.0 Å². The van der Waals surface area contributed by atoms with Gasteiger partial charge in [0, 0.05) is 31.0 Å². The average Bonchev–Trinajstić information content (AvgIpc) is 2.96. The van der Waals surface area contributed by atoms with E-state index in [0.717, 1.165) is 6.42 Å². The number of benzene rings is 1. The summed E-state index contributed by atoms with van der Waals surface area (Å²) < 4.78 is 1.71. The molecule has 2 aromatic rings. The van der Waals surface area contributed by atoms with Crippen molar-refractivity contribution in [2.75, 3.05) is 11.9 Å². The summed E-state index contributed by atoms with van der Waals surface area (Å²) in [5, 5.41) is 30.2. The fraction of sp³-hybridized carbons (Fsp3) is 0.250. The molecule has 0 saturated heterocycles. The van der Waals surface area contributed by atoms with Gasteiger partial charge in [-0.3, -0.25) is 14.8 Å². The lowest BCUT2D eigenvalue weighted by molar-refractivity contribution is -0.385. The number of aromatic nitrogens is 3. The summed E-state index contributed by atoms with van der Waals surface area (Å²) in [6, 6.07) is 6.27. The van der Waals surface area contributed by atoms with Crippen molar-refractivity contribution in [3.05, 3.63) is 46.3 Å². The van der Waals surface area contributed by atoms with Crippen molar-refractivity contribution >= 4 is 11.4 Å². The maximum atomic E-state index is 10.8. The predicted octanol–water partition coefficient (Wildman–Crippen LogP) is 1.56. The molecule has 0 amide bonds. The van der Waals surface area contributed by atoms with Crippen LogP contribution in [-0.4, -0.2) is 26.5 Å². The zero-order valence-electron chi connectivity index (χ0n) is 10.6. The Hall–Kier alpha value is -2.95. The highest BCUT2D eigenvalue weighted by atomic mass is 16.6. The molecule has 0 radical (unpaired) electrons. The first kappa shape index (κ1) is 13.5. The number of nitriles is 1. The molecule has 0 atom stereocenters. The van der Waals surface area contributed by atoms with Gasteiger partial charge in [0.25, 0.3) is 5.69 Å². The summed E-state index contributed by atoms with van der Waals surface area (Å²) in [5.74, 6) is 0. The van der Waals surface area contributed by atoms with Crippen molar-refractivity contribution in [2.45, 2.75) is 13.0 Å². The highest BCUT2D eigenvalue weighted by Gasteiger charge is 2.13. The van der Waals surface area contributed by atoms with E-state index in [1.165, 1.54) is 12.1 Å². The number of nitro groups is 1. The predicted molar refractivity (Wildman–Crippen MR) is 70.9 cm³/mol. The van der Waals surface area contributed by atoms with Crippen LogP contribution in [0.4, 0.5) is 11.4 Å². The number of rotatable bonds is 6. The summed E-state index contributed by atoms with van der Waals surface area (Å²) in [6.45, 7) is 1.36. The van der Waals surface area contributed by atoms with E-state index in [1.54, 1.807) is 29.2 Å². The molecule has 1 aromatic heterocycles. The maximum absolute atomic E-state index is 10.8. The van der Waals surface area contributed by atoms with Gasteiger partial charge in [-0.25, -0.2) is 0 Å². The number of hydrogen-bond acceptors (Lipinski definition) is 6. The van der Waals surface area contributed by atoms with Crippen LogP contribution in [0.15, 0.2) is 30.6 Å². The van der Waals surface area contributed by atoms with Gasteiger partial charge in [0.15, 0.2) is 0 Å². The van der Waals surface area contributed by atoms with Gasteiger partial charge in [0.05, 0.1) is 11.1 Å². The Morgan fingerprint density at radius 2 is 2.35 bits per heavy atom. The van der Waals surface area contributed by atoms with Crippen LogP contribution < -0.4 is 5.32 Å². The van der Waals surface area contributed by atoms with Gasteiger partial charge in [0.2, 0.25) is 0 Å². The fourth-order valence-electron chi connectivity index (χ4n) is 1.71. The zero-order valence-corrected chi connectivity index (χ0v) is 10.6. The second kappa shape index (κ2) is 6.29. The molecule has 0 aliphatic heterocycles.